The molecule has 6 heteroatoms. The van der Waals surface area contributed by atoms with Gasteiger partial charge >= 0.3 is 0 Å². The molecule has 2 heterocycles. The fourth-order valence-electron chi connectivity index (χ4n) is 1.91. The van der Waals surface area contributed by atoms with Gasteiger partial charge in [-0.25, -0.2) is 0 Å². The standard InChI is InChI=1S/C16H13N3O3/c1-11-5-6-14(22-11)7-8-15(20)18-13-4-2-3-12(9-13)16-19-17-10-21-16/h2-10H,1H3,(H,18,20). The van der Waals surface area contributed by atoms with Gasteiger partial charge in [0, 0.05) is 17.3 Å². The Morgan fingerprint density at radius 2 is 2.18 bits per heavy atom. The summed E-state index contributed by atoms with van der Waals surface area (Å²) in [5.74, 6) is 1.58. The number of benzene rings is 1. The summed E-state index contributed by atoms with van der Waals surface area (Å²) in [6.07, 6.45) is 4.29. The number of nitrogens with one attached hydrogen (secondary N) is 1. The molecule has 0 unspecified atom stereocenters. The van der Waals surface area contributed by atoms with Crippen LogP contribution in [0.5, 0.6) is 0 Å². The average Bonchev–Trinajstić information content (AvgIpc) is 3.17. The third kappa shape index (κ3) is 3.29. The maximum absolute atomic E-state index is 11.9. The minimum Gasteiger partial charge on any atom is -0.462 e. The van der Waals surface area contributed by atoms with Gasteiger partial charge in [-0.1, -0.05) is 6.07 Å². The van der Waals surface area contributed by atoms with Crippen LogP contribution in [0.3, 0.4) is 0 Å². The monoisotopic (exact) mass is 295 g/mol. The molecule has 0 saturated carbocycles. The second kappa shape index (κ2) is 6.09. The molecule has 3 rings (SSSR count). The molecule has 0 radical (unpaired) electrons. The molecule has 110 valence electrons. The van der Waals surface area contributed by atoms with E-state index in [-0.39, 0.29) is 5.91 Å². The van der Waals surface area contributed by atoms with E-state index in [0.717, 1.165) is 11.3 Å². The van der Waals surface area contributed by atoms with E-state index < -0.39 is 0 Å². The van der Waals surface area contributed by atoms with Crippen LogP contribution in [0, 0.1) is 6.92 Å². The first-order valence-corrected chi connectivity index (χ1v) is 6.63. The minimum atomic E-state index is -0.253. The second-order valence-electron chi connectivity index (χ2n) is 4.60. The van der Waals surface area contributed by atoms with E-state index in [1.807, 2.05) is 19.1 Å². The number of carbonyl (C=O) groups excluding carboxylic acids is 1. The predicted molar refractivity (Wildman–Crippen MR) is 80.8 cm³/mol. The normalized spacial score (nSPS) is 11.0. The van der Waals surface area contributed by atoms with E-state index in [1.54, 1.807) is 30.3 Å². The Morgan fingerprint density at radius 3 is 2.91 bits per heavy atom. The molecule has 6 nitrogen and oxygen atoms in total. The number of hydrogen-bond acceptors (Lipinski definition) is 5. The zero-order chi connectivity index (χ0) is 15.4. The van der Waals surface area contributed by atoms with E-state index in [0.29, 0.717) is 17.3 Å². The maximum atomic E-state index is 11.9. The van der Waals surface area contributed by atoms with E-state index in [4.69, 9.17) is 8.83 Å². The number of carbonyl (C=O) groups is 1. The Bertz CT molecular complexity index is 804. The summed E-state index contributed by atoms with van der Waals surface area (Å²) in [4.78, 5) is 11.9. The highest BCUT2D eigenvalue weighted by Gasteiger charge is 2.05. The summed E-state index contributed by atoms with van der Waals surface area (Å²) in [6, 6.07) is 10.8. The Balaban J connectivity index is 1.69. The van der Waals surface area contributed by atoms with Crippen molar-refractivity contribution in [2.45, 2.75) is 6.92 Å². The van der Waals surface area contributed by atoms with Crippen molar-refractivity contribution in [3.8, 4) is 11.5 Å². The molecule has 0 saturated heterocycles. The highest BCUT2D eigenvalue weighted by Crippen LogP contribution is 2.20. The molecule has 22 heavy (non-hydrogen) atoms. The first kappa shape index (κ1) is 13.8. The van der Waals surface area contributed by atoms with Gasteiger partial charge in [-0.05, 0) is 43.3 Å². The first-order valence-electron chi connectivity index (χ1n) is 6.63. The van der Waals surface area contributed by atoms with Gasteiger partial charge in [-0.3, -0.25) is 4.79 Å². The number of aryl methyl sites for hydroxylation is 1. The van der Waals surface area contributed by atoms with Crippen molar-refractivity contribution in [3.05, 3.63) is 60.4 Å². The average molecular weight is 295 g/mol. The van der Waals surface area contributed by atoms with Crippen LogP contribution in [0.15, 0.2) is 57.7 Å². The lowest BCUT2D eigenvalue weighted by molar-refractivity contribution is -0.111. The molecule has 0 bridgehead atoms. The number of rotatable bonds is 4. The fraction of sp³-hybridized carbons (Fsp3) is 0.0625. The van der Waals surface area contributed by atoms with Gasteiger partial charge in [0.2, 0.25) is 18.2 Å². The van der Waals surface area contributed by atoms with Gasteiger partial charge in [-0.15, -0.1) is 10.2 Å². The molecule has 0 fully saturated rings. The number of anilines is 1. The summed E-state index contributed by atoms with van der Waals surface area (Å²) < 4.78 is 10.5. The third-order valence-electron chi connectivity index (χ3n) is 2.90. The molecular weight excluding hydrogens is 282 g/mol. The zero-order valence-corrected chi connectivity index (χ0v) is 11.8. The quantitative estimate of drug-likeness (QED) is 0.747. The van der Waals surface area contributed by atoms with Gasteiger partial charge in [0.25, 0.3) is 0 Å². The first-order chi connectivity index (χ1) is 10.7. The van der Waals surface area contributed by atoms with E-state index >= 15 is 0 Å². The predicted octanol–water partition coefficient (Wildman–Crippen LogP) is 3.29. The molecule has 0 spiro atoms. The van der Waals surface area contributed by atoms with Crippen LogP contribution in [0.25, 0.3) is 17.5 Å². The van der Waals surface area contributed by atoms with Gasteiger partial charge in [0.1, 0.15) is 11.5 Å². The van der Waals surface area contributed by atoms with Crippen LogP contribution < -0.4 is 5.32 Å². The molecule has 0 aliphatic heterocycles. The van der Waals surface area contributed by atoms with Gasteiger partial charge < -0.3 is 14.2 Å². The molecule has 1 N–H and O–H groups in total. The Kier molecular flexibility index (Phi) is 3.82. The van der Waals surface area contributed by atoms with Crippen molar-refractivity contribution in [1.82, 2.24) is 10.2 Å². The van der Waals surface area contributed by atoms with Gasteiger partial charge in [0.05, 0.1) is 0 Å². The smallest absolute Gasteiger partial charge is 0.248 e. The number of hydrogen-bond donors (Lipinski definition) is 1. The van der Waals surface area contributed by atoms with Crippen molar-refractivity contribution >= 4 is 17.7 Å². The maximum Gasteiger partial charge on any atom is 0.248 e. The van der Waals surface area contributed by atoms with Gasteiger partial charge in [0.15, 0.2) is 0 Å². The molecule has 0 aliphatic carbocycles. The summed E-state index contributed by atoms with van der Waals surface area (Å²) >= 11 is 0. The minimum absolute atomic E-state index is 0.253. The Hall–Kier alpha value is -3.15. The molecular formula is C16H13N3O3. The zero-order valence-electron chi connectivity index (χ0n) is 11.8. The van der Waals surface area contributed by atoms with Crippen LogP contribution in [0.4, 0.5) is 5.69 Å². The topological polar surface area (TPSA) is 81.2 Å². The van der Waals surface area contributed by atoms with Crippen LogP contribution in [-0.4, -0.2) is 16.1 Å². The summed E-state index contributed by atoms with van der Waals surface area (Å²) in [6.45, 7) is 1.85. The number of furan rings is 1. The summed E-state index contributed by atoms with van der Waals surface area (Å²) in [5.41, 5.74) is 1.38. The van der Waals surface area contributed by atoms with E-state index in [2.05, 4.69) is 15.5 Å². The van der Waals surface area contributed by atoms with Crippen molar-refractivity contribution < 1.29 is 13.6 Å². The van der Waals surface area contributed by atoms with E-state index in [9.17, 15) is 4.79 Å². The largest absolute Gasteiger partial charge is 0.462 e. The fourth-order valence-corrected chi connectivity index (χ4v) is 1.91. The highest BCUT2D eigenvalue weighted by atomic mass is 16.4. The summed E-state index contributed by atoms with van der Waals surface area (Å²) in [5, 5.41) is 10.2. The van der Waals surface area contributed by atoms with Crippen LogP contribution in [0.1, 0.15) is 11.5 Å². The lowest BCUT2D eigenvalue weighted by Crippen LogP contribution is -2.07. The second-order valence-corrected chi connectivity index (χ2v) is 4.60. The van der Waals surface area contributed by atoms with Crippen molar-refractivity contribution in [2.24, 2.45) is 0 Å². The molecule has 2 aromatic heterocycles. The lowest BCUT2D eigenvalue weighted by atomic mass is 10.2. The SMILES string of the molecule is Cc1ccc(C=CC(=O)Nc2cccc(-c3nnco3)c2)o1. The number of aromatic nitrogens is 2. The Morgan fingerprint density at radius 1 is 1.27 bits per heavy atom. The third-order valence-corrected chi connectivity index (χ3v) is 2.90. The molecule has 1 aromatic carbocycles. The van der Waals surface area contributed by atoms with Crippen molar-refractivity contribution in [1.29, 1.82) is 0 Å². The van der Waals surface area contributed by atoms with Crippen LogP contribution in [-0.2, 0) is 4.79 Å². The molecule has 0 atom stereocenters. The van der Waals surface area contributed by atoms with Gasteiger partial charge in [-0.2, -0.15) is 0 Å². The highest BCUT2D eigenvalue weighted by molar-refractivity contribution is 6.02. The van der Waals surface area contributed by atoms with Crippen LogP contribution in [0.2, 0.25) is 0 Å². The van der Waals surface area contributed by atoms with Crippen molar-refractivity contribution in [2.75, 3.05) is 5.32 Å². The van der Waals surface area contributed by atoms with Crippen molar-refractivity contribution in [3.63, 3.8) is 0 Å². The molecule has 1 amide bonds. The van der Waals surface area contributed by atoms with E-state index in [1.165, 1.54) is 12.5 Å². The lowest BCUT2D eigenvalue weighted by Gasteiger charge is -2.03. The number of amides is 1. The molecule has 3 aromatic rings. The molecule has 0 aliphatic rings. The summed E-state index contributed by atoms with van der Waals surface area (Å²) in [7, 11) is 0. The van der Waals surface area contributed by atoms with Crippen LogP contribution >= 0.6 is 0 Å². The number of nitrogens with zero attached hydrogens (tertiary/aromatic N) is 2. The Labute approximate surface area is 126 Å².